The molecule has 3 rings (SSSR count). The Morgan fingerprint density at radius 1 is 1.28 bits per heavy atom. The molecule has 158 valence electrons. The van der Waals surface area contributed by atoms with Gasteiger partial charge in [-0.15, -0.1) is 5.10 Å². The highest BCUT2D eigenvalue weighted by Crippen LogP contribution is 2.17. The van der Waals surface area contributed by atoms with Crippen LogP contribution in [0.1, 0.15) is 31.2 Å². The van der Waals surface area contributed by atoms with Crippen LogP contribution in [0.5, 0.6) is 5.75 Å². The predicted molar refractivity (Wildman–Crippen MR) is 120 cm³/mol. The molecule has 1 aromatic heterocycles. The number of piperidine rings is 1. The van der Waals surface area contributed by atoms with Gasteiger partial charge in [0, 0.05) is 27.2 Å². The van der Waals surface area contributed by atoms with Gasteiger partial charge >= 0.3 is 0 Å². The van der Waals surface area contributed by atoms with Gasteiger partial charge in [-0.2, -0.15) is 9.67 Å². The zero-order chi connectivity index (χ0) is 20.6. The number of aromatic nitrogens is 3. The molecule has 0 radical (unpaired) electrons. The number of nitrogen functional groups attached to an aromatic ring is 1. The number of rotatable bonds is 8. The van der Waals surface area contributed by atoms with E-state index in [1.54, 1.807) is 4.90 Å². The molecule has 1 aliphatic rings. The van der Waals surface area contributed by atoms with Gasteiger partial charge in [0.25, 0.3) is 0 Å². The Hall–Kier alpha value is -2.39. The van der Waals surface area contributed by atoms with Crippen molar-refractivity contribution in [3.8, 4) is 5.75 Å². The van der Waals surface area contributed by atoms with Crippen molar-refractivity contribution in [1.82, 2.24) is 25.0 Å². The number of likely N-dealkylation sites (tertiary alicyclic amines) is 1. The average Bonchev–Trinajstić information content (AvgIpc) is 3.11. The van der Waals surface area contributed by atoms with Crippen LogP contribution in [0.2, 0.25) is 0 Å². The lowest BCUT2D eigenvalue weighted by Crippen LogP contribution is -2.31. The number of anilines is 2. The lowest BCUT2D eigenvalue weighted by molar-refractivity contribution is 0.220. The van der Waals surface area contributed by atoms with E-state index in [9.17, 15) is 0 Å². The monoisotopic (exact) mass is 417 g/mol. The van der Waals surface area contributed by atoms with Crippen LogP contribution in [0.25, 0.3) is 0 Å². The summed E-state index contributed by atoms with van der Waals surface area (Å²) in [6.45, 7) is 4.68. The molecule has 3 N–H and O–H groups in total. The summed E-state index contributed by atoms with van der Waals surface area (Å²) in [4.78, 5) is 8.46. The number of hydrogen-bond donors (Lipinski definition) is 2. The minimum atomic E-state index is 0.271. The van der Waals surface area contributed by atoms with Crippen LogP contribution in [0.4, 0.5) is 11.9 Å². The highest BCUT2D eigenvalue weighted by atomic mass is 32.1. The van der Waals surface area contributed by atoms with Crippen molar-refractivity contribution in [1.29, 1.82) is 0 Å². The molecule has 1 saturated heterocycles. The SMILES string of the molecule is CN(C)c1nc(N)n(C(=S)NCCCOc2cccc(CN3CCCCC3)c2)n1. The Labute approximate surface area is 178 Å². The Kier molecular flexibility index (Phi) is 7.65. The van der Waals surface area contributed by atoms with E-state index in [1.165, 1.54) is 42.6 Å². The van der Waals surface area contributed by atoms with Crippen LogP contribution in [0, 0.1) is 0 Å². The molecule has 2 heterocycles. The van der Waals surface area contributed by atoms with E-state index in [2.05, 4.69) is 38.5 Å². The number of thiocarbonyl (C=S) groups is 1. The summed E-state index contributed by atoms with van der Waals surface area (Å²) in [7, 11) is 3.71. The lowest BCUT2D eigenvalue weighted by Gasteiger charge is -2.26. The molecular formula is C20H31N7OS. The van der Waals surface area contributed by atoms with Crippen LogP contribution in [-0.4, -0.2) is 65.1 Å². The van der Waals surface area contributed by atoms with Gasteiger partial charge in [-0.05, 0) is 62.3 Å². The van der Waals surface area contributed by atoms with Crippen molar-refractivity contribution in [2.24, 2.45) is 0 Å². The second-order valence-electron chi connectivity index (χ2n) is 7.49. The first kappa shape index (κ1) is 21.3. The van der Waals surface area contributed by atoms with Gasteiger partial charge in [0.1, 0.15) is 5.75 Å². The number of ether oxygens (including phenoxy) is 1. The quantitative estimate of drug-likeness (QED) is 0.499. The van der Waals surface area contributed by atoms with Crippen LogP contribution < -0.4 is 20.7 Å². The van der Waals surface area contributed by atoms with Crippen molar-refractivity contribution >= 4 is 29.2 Å². The van der Waals surface area contributed by atoms with Crippen molar-refractivity contribution in [3.05, 3.63) is 29.8 Å². The first-order valence-corrected chi connectivity index (χ1v) is 10.6. The number of nitrogens with two attached hydrogens (primary N) is 1. The van der Waals surface area contributed by atoms with Gasteiger partial charge in [-0.3, -0.25) is 4.90 Å². The summed E-state index contributed by atoms with van der Waals surface area (Å²) in [5.74, 6) is 1.71. The second-order valence-corrected chi connectivity index (χ2v) is 7.88. The molecule has 1 aliphatic heterocycles. The molecule has 0 amide bonds. The first-order chi connectivity index (χ1) is 14.0. The third-order valence-electron chi connectivity index (χ3n) is 4.83. The third kappa shape index (κ3) is 6.30. The lowest BCUT2D eigenvalue weighted by atomic mass is 10.1. The van der Waals surface area contributed by atoms with Gasteiger partial charge in [-0.25, -0.2) is 0 Å². The summed E-state index contributed by atoms with van der Waals surface area (Å²) < 4.78 is 7.35. The van der Waals surface area contributed by atoms with Crippen LogP contribution in [-0.2, 0) is 6.54 Å². The topological polar surface area (TPSA) is 84.5 Å². The summed E-state index contributed by atoms with van der Waals surface area (Å²) in [6.07, 6.45) is 4.78. The fourth-order valence-electron chi connectivity index (χ4n) is 3.29. The molecule has 0 aliphatic carbocycles. The molecule has 0 bridgehead atoms. The van der Waals surface area contributed by atoms with E-state index in [4.69, 9.17) is 22.7 Å². The molecule has 8 nitrogen and oxygen atoms in total. The zero-order valence-electron chi connectivity index (χ0n) is 17.3. The average molecular weight is 418 g/mol. The maximum absolute atomic E-state index is 5.91. The van der Waals surface area contributed by atoms with E-state index < -0.39 is 0 Å². The number of benzene rings is 1. The molecule has 2 aromatic rings. The molecule has 0 atom stereocenters. The first-order valence-electron chi connectivity index (χ1n) is 10.1. The van der Waals surface area contributed by atoms with Crippen molar-refractivity contribution in [2.75, 3.05) is 51.0 Å². The largest absolute Gasteiger partial charge is 0.494 e. The molecule has 0 unspecified atom stereocenters. The maximum atomic E-state index is 5.91. The number of nitrogens with one attached hydrogen (secondary N) is 1. The Morgan fingerprint density at radius 2 is 2.07 bits per heavy atom. The van der Waals surface area contributed by atoms with Gasteiger partial charge < -0.3 is 20.7 Å². The number of hydrogen-bond acceptors (Lipinski definition) is 7. The normalized spacial score (nSPS) is 14.6. The maximum Gasteiger partial charge on any atom is 0.246 e. The molecule has 29 heavy (non-hydrogen) atoms. The van der Waals surface area contributed by atoms with E-state index >= 15 is 0 Å². The predicted octanol–water partition coefficient (Wildman–Crippen LogP) is 2.10. The molecule has 9 heteroatoms. The van der Waals surface area contributed by atoms with Crippen molar-refractivity contribution in [2.45, 2.75) is 32.2 Å². The second kappa shape index (κ2) is 10.4. The molecular weight excluding hydrogens is 386 g/mol. The summed E-state index contributed by atoms with van der Waals surface area (Å²) >= 11 is 5.35. The zero-order valence-corrected chi connectivity index (χ0v) is 18.1. The fraction of sp³-hybridized carbons (Fsp3) is 0.550. The van der Waals surface area contributed by atoms with Gasteiger partial charge in [-0.1, -0.05) is 18.6 Å². The van der Waals surface area contributed by atoms with Crippen LogP contribution in [0.15, 0.2) is 24.3 Å². The van der Waals surface area contributed by atoms with Gasteiger partial charge in [0.15, 0.2) is 5.11 Å². The smallest absolute Gasteiger partial charge is 0.246 e. The van der Waals surface area contributed by atoms with E-state index in [0.29, 0.717) is 24.2 Å². The summed E-state index contributed by atoms with van der Waals surface area (Å²) in [5, 5.41) is 7.87. The Morgan fingerprint density at radius 3 is 2.79 bits per heavy atom. The molecule has 1 fully saturated rings. The number of nitrogens with zero attached hydrogens (tertiary/aromatic N) is 5. The molecule has 1 aromatic carbocycles. The summed E-state index contributed by atoms with van der Waals surface area (Å²) in [5.41, 5.74) is 7.18. The minimum Gasteiger partial charge on any atom is -0.494 e. The molecule has 0 spiro atoms. The third-order valence-corrected chi connectivity index (χ3v) is 5.15. The van der Waals surface area contributed by atoms with Crippen molar-refractivity contribution < 1.29 is 4.74 Å². The highest BCUT2D eigenvalue weighted by molar-refractivity contribution is 7.80. The van der Waals surface area contributed by atoms with Crippen molar-refractivity contribution in [3.63, 3.8) is 0 Å². The van der Waals surface area contributed by atoms with Gasteiger partial charge in [0.05, 0.1) is 6.61 Å². The van der Waals surface area contributed by atoms with E-state index in [1.807, 2.05) is 20.2 Å². The fourth-order valence-corrected chi connectivity index (χ4v) is 3.53. The standard InChI is InChI=1S/C20H31N7OS/c1-25(2)19-23-18(21)27(24-19)20(29)22-10-7-13-28-17-9-6-8-16(14-17)15-26-11-4-3-5-12-26/h6,8-9,14H,3-5,7,10-13,15H2,1-2H3,(H,22,29)(H2,21,23,24). The van der Waals surface area contributed by atoms with Crippen LogP contribution >= 0.6 is 12.2 Å². The minimum absolute atomic E-state index is 0.271. The Balaban J connectivity index is 1.39. The highest BCUT2D eigenvalue weighted by Gasteiger charge is 2.12. The van der Waals surface area contributed by atoms with E-state index in [0.717, 1.165) is 18.7 Å². The van der Waals surface area contributed by atoms with Gasteiger partial charge in [0.2, 0.25) is 11.9 Å². The molecule has 0 saturated carbocycles. The van der Waals surface area contributed by atoms with E-state index in [-0.39, 0.29) is 5.95 Å². The Bertz CT molecular complexity index is 802. The summed E-state index contributed by atoms with van der Waals surface area (Å²) in [6, 6.07) is 8.39. The van der Waals surface area contributed by atoms with Crippen LogP contribution in [0.3, 0.4) is 0 Å².